The van der Waals surface area contributed by atoms with Crippen LogP contribution < -0.4 is 5.73 Å². The van der Waals surface area contributed by atoms with Crippen molar-refractivity contribution in [1.82, 2.24) is 4.90 Å². The molecule has 0 unspecified atom stereocenters. The number of hydrogen-bond donors (Lipinski definition) is 1. The molecule has 5 nitrogen and oxygen atoms in total. The normalized spacial score (nSPS) is 18.9. The van der Waals surface area contributed by atoms with Crippen molar-refractivity contribution in [2.75, 3.05) is 6.54 Å². The highest BCUT2D eigenvalue weighted by Gasteiger charge is 2.30. The Morgan fingerprint density at radius 3 is 2.59 bits per heavy atom. The molecule has 1 aliphatic heterocycles. The van der Waals surface area contributed by atoms with Gasteiger partial charge in [0.15, 0.2) is 9.84 Å². The van der Waals surface area contributed by atoms with Crippen molar-refractivity contribution in [2.24, 2.45) is 5.73 Å². The standard InChI is InChI=1S/C21H26N2O3S/c1-16(22)20-12-5-6-13-23(20)21(24)18-9-7-8-17(14-18)15-27(25,26)19-10-3-2-4-11-19/h2-4,7-11,14,16,20H,5-6,12-13,15,22H2,1H3/t16-,20+/m0/s1. The molecule has 0 spiro atoms. The van der Waals surface area contributed by atoms with Crippen molar-refractivity contribution in [3.63, 3.8) is 0 Å². The molecule has 0 radical (unpaired) electrons. The minimum atomic E-state index is -3.45. The minimum absolute atomic E-state index is 0.0305. The summed E-state index contributed by atoms with van der Waals surface area (Å²) < 4.78 is 25.2. The van der Waals surface area contributed by atoms with Crippen LogP contribution in [0.2, 0.25) is 0 Å². The molecule has 0 aromatic heterocycles. The van der Waals surface area contributed by atoms with Crippen molar-refractivity contribution in [1.29, 1.82) is 0 Å². The van der Waals surface area contributed by atoms with Crippen LogP contribution in [0.15, 0.2) is 59.5 Å². The van der Waals surface area contributed by atoms with E-state index in [9.17, 15) is 13.2 Å². The van der Waals surface area contributed by atoms with Gasteiger partial charge in [0, 0.05) is 24.2 Å². The zero-order chi connectivity index (χ0) is 19.4. The molecule has 0 aliphatic carbocycles. The summed E-state index contributed by atoms with van der Waals surface area (Å²) in [5.74, 6) is -0.203. The number of piperidine rings is 1. The number of rotatable bonds is 5. The number of carbonyl (C=O) groups excluding carboxylic acids is 1. The van der Waals surface area contributed by atoms with E-state index < -0.39 is 9.84 Å². The van der Waals surface area contributed by atoms with Gasteiger partial charge in [0.1, 0.15) is 0 Å². The predicted octanol–water partition coefficient (Wildman–Crippen LogP) is 3.00. The molecule has 2 N–H and O–H groups in total. The fourth-order valence-corrected chi connectivity index (χ4v) is 5.00. The number of benzene rings is 2. The lowest BCUT2D eigenvalue weighted by Crippen LogP contribution is -2.51. The summed E-state index contributed by atoms with van der Waals surface area (Å²) in [7, 11) is -3.45. The maximum atomic E-state index is 13.0. The monoisotopic (exact) mass is 386 g/mol. The second-order valence-corrected chi connectivity index (χ2v) is 9.18. The molecular formula is C21H26N2O3S. The number of nitrogens with zero attached hydrogens (tertiary/aromatic N) is 1. The van der Waals surface area contributed by atoms with E-state index in [0.717, 1.165) is 19.3 Å². The van der Waals surface area contributed by atoms with E-state index in [-0.39, 0.29) is 28.6 Å². The summed E-state index contributed by atoms with van der Waals surface area (Å²) in [6.07, 6.45) is 2.95. The summed E-state index contributed by atoms with van der Waals surface area (Å²) in [4.78, 5) is 15.2. The molecule has 0 bridgehead atoms. The molecule has 6 heteroatoms. The number of sulfone groups is 1. The molecule has 1 amide bonds. The molecule has 3 rings (SSSR count). The average Bonchev–Trinajstić information content (AvgIpc) is 2.68. The highest BCUT2D eigenvalue weighted by Crippen LogP contribution is 2.23. The topological polar surface area (TPSA) is 80.5 Å². The van der Waals surface area contributed by atoms with Gasteiger partial charge in [-0.3, -0.25) is 4.79 Å². The third kappa shape index (κ3) is 4.57. The first kappa shape index (κ1) is 19.6. The van der Waals surface area contributed by atoms with Crippen LogP contribution in [0.5, 0.6) is 0 Å². The second-order valence-electron chi connectivity index (χ2n) is 7.19. The lowest BCUT2D eigenvalue weighted by molar-refractivity contribution is 0.0583. The molecule has 1 fully saturated rings. The summed E-state index contributed by atoms with van der Waals surface area (Å²) >= 11 is 0. The molecule has 1 heterocycles. The number of likely N-dealkylation sites (tertiary alicyclic amines) is 1. The summed E-state index contributed by atoms with van der Waals surface area (Å²) in [5, 5.41) is 0. The van der Waals surface area contributed by atoms with E-state index in [1.807, 2.05) is 11.8 Å². The Balaban J connectivity index is 1.82. The molecule has 1 saturated heterocycles. The maximum Gasteiger partial charge on any atom is 0.254 e. The minimum Gasteiger partial charge on any atom is -0.334 e. The highest BCUT2D eigenvalue weighted by atomic mass is 32.2. The van der Waals surface area contributed by atoms with Gasteiger partial charge < -0.3 is 10.6 Å². The van der Waals surface area contributed by atoms with E-state index in [4.69, 9.17) is 5.73 Å². The van der Waals surface area contributed by atoms with Gasteiger partial charge in [-0.25, -0.2) is 8.42 Å². The van der Waals surface area contributed by atoms with E-state index in [2.05, 4.69) is 0 Å². The number of nitrogens with two attached hydrogens (primary N) is 1. The quantitative estimate of drug-likeness (QED) is 0.857. The lowest BCUT2D eigenvalue weighted by Gasteiger charge is -2.38. The van der Waals surface area contributed by atoms with Gasteiger partial charge in [0.25, 0.3) is 5.91 Å². The number of amides is 1. The van der Waals surface area contributed by atoms with E-state index in [1.54, 1.807) is 54.6 Å². The van der Waals surface area contributed by atoms with Gasteiger partial charge in [0.2, 0.25) is 0 Å². The van der Waals surface area contributed by atoms with Gasteiger partial charge in [-0.05, 0) is 56.0 Å². The van der Waals surface area contributed by atoms with E-state index >= 15 is 0 Å². The fraction of sp³-hybridized carbons (Fsp3) is 0.381. The van der Waals surface area contributed by atoms with Crippen LogP contribution in [0.3, 0.4) is 0 Å². The maximum absolute atomic E-state index is 13.0. The van der Waals surface area contributed by atoms with Crippen molar-refractivity contribution in [3.05, 3.63) is 65.7 Å². The Hall–Kier alpha value is -2.18. The van der Waals surface area contributed by atoms with Gasteiger partial charge in [-0.2, -0.15) is 0 Å². The smallest absolute Gasteiger partial charge is 0.254 e. The zero-order valence-electron chi connectivity index (χ0n) is 15.5. The Kier molecular flexibility index (Phi) is 5.97. The van der Waals surface area contributed by atoms with Crippen molar-refractivity contribution >= 4 is 15.7 Å². The SMILES string of the molecule is C[C@H](N)[C@H]1CCCCN1C(=O)c1cccc(CS(=O)(=O)c2ccccc2)c1. The van der Waals surface area contributed by atoms with Crippen LogP contribution >= 0.6 is 0 Å². The molecule has 27 heavy (non-hydrogen) atoms. The first-order valence-corrected chi connectivity index (χ1v) is 11.0. The molecular weight excluding hydrogens is 360 g/mol. The molecule has 2 aromatic carbocycles. The summed E-state index contributed by atoms with van der Waals surface area (Å²) in [6, 6.07) is 15.2. The van der Waals surface area contributed by atoms with Crippen LogP contribution in [0, 0.1) is 0 Å². The van der Waals surface area contributed by atoms with Gasteiger partial charge in [0.05, 0.1) is 10.6 Å². The van der Waals surface area contributed by atoms with Crippen molar-refractivity contribution in [2.45, 2.75) is 48.9 Å². The summed E-state index contributed by atoms with van der Waals surface area (Å²) in [6.45, 7) is 2.62. The van der Waals surface area contributed by atoms with Gasteiger partial charge in [-0.15, -0.1) is 0 Å². The average molecular weight is 387 g/mol. The Bertz CT molecular complexity index is 895. The lowest BCUT2D eigenvalue weighted by atomic mass is 9.96. The third-order valence-corrected chi connectivity index (χ3v) is 6.75. The van der Waals surface area contributed by atoms with Gasteiger partial charge >= 0.3 is 0 Å². The molecule has 0 saturated carbocycles. The highest BCUT2D eigenvalue weighted by molar-refractivity contribution is 7.90. The zero-order valence-corrected chi connectivity index (χ0v) is 16.4. The first-order valence-electron chi connectivity index (χ1n) is 9.32. The number of hydrogen-bond acceptors (Lipinski definition) is 4. The van der Waals surface area contributed by atoms with E-state index in [1.165, 1.54) is 0 Å². The van der Waals surface area contributed by atoms with E-state index in [0.29, 0.717) is 17.7 Å². The largest absolute Gasteiger partial charge is 0.334 e. The number of carbonyl (C=O) groups is 1. The van der Waals surface area contributed by atoms with Crippen LogP contribution in [0.25, 0.3) is 0 Å². The Labute approximate surface area is 161 Å². The van der Waals surface area contributed by atoms with Crippen LogP contribution in [0.4, 0.5) is 0 Å². The first-order chi connectivity index (χ1) is 12.9. The van der Waals surface area contributed by atoms with Gasteiger partial charge in [-0.1, -0.05) is 30.3 Å². The predicted molar refractivity (Wildman–Crippen MR) is 106 cm³/mol. The second kappa shape index (κ2) is 8.23. The summed E-state index contributed by atoms with van der Waals surface area (Å²) in [5.41, 5.74) is 7.20. The molecule has 144 valence electrons. The van der Waals surface area contributed by atoms with Crippen LogP contribution in [-0.4, -0.2) is 37.9 Å². The molecule has 2 aromatic rings. The molecule has 2 atom stereocenters. The Morgan fingerprint density at radius 2 is 1.89 bits per heavy atom. The van der Waals surface area contributed by atoms with Crippen LogP contribution in [0.1, 0.15) is 42.1 Å². The Morgan fingerprint density at radius 1 is 1.15 bits per heavy atom. The third-order valence-electron chi connectivity index (χ3n) is 5.05. The van der Waals surface area contributed by atoms with Crippen molar-refractivity contribution in [3.8, 4) is 0 Å². The fourth-order valence-electron chi connectivity index (χ4n) is 3.65. The van der Waals surface area contributed by atoms with Crippen LogP contribution in [-0.2, 0) is 15.6 Å². The molecule has 1 aliphatic rings. The van der Waals surface area contributed by atoms with Crippen molar-refractivity contribution < 1.29 is 13.2 Å².